The van der Waals surface area contributed by atoms with Crippen molar-refractivity contribution in [3.8, 4) is 0 Å². The Morgan fingerprint density at radius 1 is 0.531 bits per heavy atom. The van der Waals surface area contributed by atoms with Crippen LogP contribution in [0, 0.1) is 0 Å². The van der Waals surface area contributed by atoms with Crippen LogP contribution in [0.1, 0.15) is 162 Å². The molecule has 0 saturated carbocycles. The Hall–Kier alpha value is -0.530. The first-order chi connectivity index (χ1) is 15.8. The van der Waals surface area contributed by atoms with Gasteiger partial charge in [-0.05, 0) is 32.1 Å². The molecule has 1 aliphatic rings. The van der Waals surface area contributed by atoms with Crippen molar-refractivity contribution in [1.29, 1.82) is 0 Å². The molecule has 190 valence electrons. The molecule has 2 nitrogen and oxygen atoms in total. The lowest BCUT2D eigenvalue weighted by Gasteiger charge is -2.19. The van der Waals surface area contributed by atoms with Gasteiger partial charge < -0.3 is 0 Å². The van der Waals surface area contributed by atoms with Gasteiger partial charge in [0, 0.05) is 0 Å². The van der Waals surface area contributed by atoms with Crippen molar-refractivity contribution >= 4 is 5.84 Å². The van der Waals surface area contributed by atoms with Crippen molar-refractivity contribution in [3.05, 3.63) is 0 Å². The third-order valence-electron chi connectivity index (χ3n) is 7.40. The van der Waals surface area contributed by atoms with E-state index in [9.17, 15) is 0 Å². The summed E-state index contributed by atoms with van der Waals surface area (Å²) >= 11 is 0. The molecular weight excluding hydrogens is 388 g/mol. The Labute approximate surface area is 203 Å². The van der Waals surface area contributed by atoms with Crippen LogP contribution in [0.25, 0.3) is 0 Å². The maximum absolute atomic E-state index is 2.75. The van der Waals surface area contributed by atoms with Gasteiger partial charge in [0.05, 0.1) is 32.6 Å². The Morgan fingerprint density at radius 2 is 0.938 bits per heavy atom. The molecule has 0 atom stereocenters. The van der Waals surface area contributed by atoms with E-state index in [1.54, 1.807) is 5.84 Å². The molecule has 0 fully saturated rings. The van der Waals surface area contributed by atoms with Gasteiger partial charge in [0.1, 0.15) is 0 Å². The second-order valence-corrected chi connectivity index (χ2v) is 10.5. The van der Waals surface area contributed by atoms with Gasteiger partial charge in [0.2, 0.25) is 5.84 Å². The molecule has 32 heavy (non-hydrogen) atoms. The zero-order valence-corrected chi connectivity index (χ0v) is 22.8. The second-order valence-electron chi connectivity index (χ2n) is 10.5. The van der Waals surface area contributed by atoms with Crippen LogP contribution in [0.5, 0.6) is 0 Å². The molecular formula is C30H61N2+. The predicted molar refractivity (Wildman–Crippen MR) is 145 cm³/mol. The summed E-state index contributed by atoms with van der Waals surface area (Å²) in [6.45, 7) is 12.1. The highest BCUT2D eigenvalue weighted by atomic mass is 15.2. The van der Waals surface area contributed by atoms with Crippen molar-refractivity contribution in [1.82, 2.24) is 4.90 Å². The van der Waals surface area contributed by atoms with Crippen LogP contribution >= 0.6 is 0 Å². The zero-order valence-electron chi connectivity index (χ0n) is 22.8. The number of unbranched alkanes of at least 4 members (excludes halogenated alkanes) is 17. The number of hydrogen-bond acceptors (Lipinski definition) is 1. The van der Waals surface area contributed by atoms with Gasteiger partial charge >= 0.3 is 0 Å². The van der Waals surface area contributed by atoms with Gasteiger partial charge in [-0.3, -0.25) is 9.48 Å². The minimum Gasteiger partial charge on any atom is -0.266 e. The van der Waals surface area contributed by atoms with Gasteiger partial charge in [-0.25, -0.2) is 0 Å². The summed E-state index contributed by atoms with van der Waals surface area (Å²) < 4.78 is 2.75. The van der Waals surface area contributed by atoms with Crippen molar-refractivity contribution < 1.29 is 4.58 Å². The highest BCUT2D eigenvalue weighted by molar-refractivity contribution is 5.78. The fourth-order valence-corrected chi connectivity index (χ4v) is 5.23. The molecule has 1 heterocycles. The summed E-state index contributed by atoms with van der Waals surface area (Å²) in [5.74, 6) is 1.69. The van der Waals surface area contributed by atoms with Crippen LogP contribution in [0.4, 0.5) is 0 Å². The van der Waals surface area contributed by atoms with E-state index < -0.39 is 0 Å². The summed E-state index contributed by atoms with van der Waals surface area (Å²) in [5.41, 5.74) is 0. The van der Waals surface area contributed by atoms with Crippen molar-refractivity contribution in [2.45, 2.75) is 162 Å². The van der Waals surface area contributed by atoms with Crippen LogP contribution in [0.15, 0.2) is 0 Å². The normalized spacial score (nSPS) is 14.0. The average Bonchev–Trinajstić information content (AvgIpc) is 3.27. The Bertz CT molecular complexity index is 421. The highest BCUT2D eigenvalue weighted by Crippen LogP contribution is 2.15. The van der Waals surface area contributed by atoms with Crippen molar-refractivity contribution in [3.63, 3.8) is 0 Å². The quantitative estimate of drug-likeness (QED) is 0.111. The first-order valence-electron chi connectivity index (χ1n) is 15.2. The minimum atomic E-state index is 1.28. The predicted octanol–water partition coefficient (Wildman–Crippen LogP) is 9.35. The molecule has 0 amide bonds. The smallest absolute Gasteiger partial charge is 0.246 e. The maximum Gasteiger partial charge on any atom is 0.246 e. The average molecular weight is 450 g/mol. The first kappa shape index (κ1) is 29.5. The third-order valence-corrected chi connectivity index (χ3v) is 7.40. The van der Waals surface area contributed by atoms with E-state index in [2.05, 4.69) is 30.2 Å². The maximum atomic E-state index is 2.75. The molecule has 0 unspecified atom stereocenters. The van der Waals surface area contributed by atoms with E-state index in [-0.39, 0.29) is 0 Å². The Morgan fingerprint density at radius 3 is 1.38 bits per heavy atom. The first-order valence-corrected chi connectivity index (χ1v) is 15.2. The summed E-state index contributed by atoms with van der Waals surface area (Å²) in [6.07, 6.45) is 31.4. The van der Waals surface area contributed by atoms with Gasteiger partial charge in [-0.15, -0.1) is 0 Å². The summed E-state index contributed by atoms with van der Waals surface area (Å²) in [7, 11) is 0. The standard InChI is InChI=1S/C30H61N2/c1-4-7-10-11-12-13-14-15-16-17-18-19-20-21-22-23-28-32-29-24-25-30(32)31(26-8-5-2)27-9-6-3/h4-29H2,1-3H3/q+1. The molecule has 0 aliphatic carbocycles. The molecule has 1 aliphatic heterocycles. The van der Waals surface area contributed by atoms with Crippen LogP contribution < -0.4 is 0 Å². The molecule has 0 spiro atoms. The largest absolute Gasteiger partial charge is 0.266 e. The fraction of sp³-hybridized carbons (Fsp3) is 0.967. The van der Waals surface area contributed by atoms with Crippen LogP contribution in [0.2, 0.25) is 0 Å². The van der Waals surface area contributed by atoms with Gasteiger partial charge in [0.15, 0.2) is 0 Å². The van der Waals surface area contributed by atoms with Crippen LogP contribution in [-0.4, -0.2) is 41.5 Å². The molecule has 0 saturated heterocycles. The molecule has 0 radical (unpaired) electrons. The molecule has 1 rings (SSSR count). The Balaban J connectivity index is 2.00. The number of amidine groups is 1. The summed E-state index contributed by atoms with van der Waals surface area (Å²) in [6, 6.07) is 0. The van der Waals surface area contributed by atoms with Crippen molar-refractivity contribution in [2.24, 2.45) is 0 Å². The lowest BCUT2D eigenvalue weighted by atomic mass is 10.0. The fourth-order valence-electron chi connectivity index (χ4n) is 5.23. The highest BCUT2D eigenvalue weighted by Gasteiger charge is 2.26. The molecule has 2 heteroatoms. The monoisotopic (exact) mass is 449 g/mol. The van der Waals surface area contributed by atoms with E-state index in [0.717, 1.165) is 0 Å². The van der Waals surface area contributed by atoms with Crippen molar-refractivity contribution in [2.75, 3.05) is 26.2 Å². The van der Waals surface area contributed by atoms with E-state index >= 15 is 0 Å². The van der Waals surface area contributed by atoms with Crippen LogP contribution in [0.3, 0.4) is 0 Å². The zero-order chi connectivity index (χ0) is 23.1. The van der Waals surface area contributed by atoms with E-state index in [4.69, 9.17) is 0 Å². The van der Waals surface area contributed by atoms with Gasteiger partial charge in [-0.1, -0.05) is 124 Å². The molecule has 0 N–H and O–H groups in total. The lowest BCUT2D eigenvalue weighted by Crippen LogP contribution is -2.37. The number of nitrogens with zero attached hydrogens (tertiary/aromatic N) is 2. The summed E-state index contributed by atoms with van der Waals surface area (Å²) in [4.78, 5) is 2.74. The van der Waals surface area contributed by atoms with E-state index in [1.807, 2.05) is 0 Å². The third kappa shape index (κ3) is 15.3. The molecule has 0 aromatic heterocycles. The minimum absolute atomic E-state index is 1.28. The number of hydrogen-bond donors (Lipinski definition) is 0. The second kappa shape index (κ2) is 22.3. The van der Waals surface area contributed by atoms with E-state index in [0.29, 0.717) is 0 Å². The topological polar surface area (TPSA) is 6.25 Å². The lowest BCUT2D eigenvalue weighted by molar-refractivity contribution is -0.525. The molecule has 0 aromatic carbocycles. The van der Waals surface area contributed by atoms with E-state index in [1.165, 1.54) is 167 Å². The molecule has 0 bridgehead atoms. The van der Waals surface area contributed by atoms with Gasteiger partial charge in [-0.2, -0.15) is 0 Å². The Kier molecular flexibility index (Phi) is 20.5. The summed E-state index contributed by atoms with van der Waals surface area (Å²) in [5, 5.41) is 0. The van der Waals surface area contributed by atoms with Crippen LogP contribution in [-0.2, 0) is 0 Å². The number of rotatable bonds is 23. The molecule has 0 aromatic rings. The SMILES string of the molecule is CCCCCCCCCCCCCCCCCC[N+]1=C(N(CCCC)CCCC)CCC1. The van der Waals surface area contributed by atoms with Gasteiger partial charge in [0.25, 0.3) is 0 Å².